The first kappa shape index (κ1) is 31.0. The number of hydrogen-bond acceptors (Lipinski definition) is 3. The Hall–Kier alpha value is -3.05. The third kappa shape index (κ3) is 9.34. The van der Waals surface area contributed by atoms with Gasteiger partial charge in [0.25, 0.3) is 0 Å². The summed E-state index contributed by atoms with van der Waals surface area (Å²) in [4.78, 5) is 9.09. The standard InChI is InChI=1S/C25H26NO.C18H24GeN.Ir/c1-16(2)18-9-10-19-20-7-6-8-21(24(20)27-23(19)14-18)22-13-17(11-12-26-22)15-25(3,4)5;1-14(2)11-16-12-18(15-9-7-6-8-10-15)20-13-17(16)19(3,4)5;/h6-7,9-14,16H,15H2,1-5H3;6-9,12-14H,11H2,1-5H3;/q2*-1;/i15D2,16D;11D2;. The van der Waals surface area contributed by atoms with E-state index in [0.29, 0.717) is 22.4 Å². The van der Waals surface area contributed by atoms with Crippen molar-refractivity contribution >= 4 is 39.6 Å². The molecule has 0 bridgehead atoms. The number of nitrogens with zero attached hydrogens (tertiary/aromatic N) is 2. The monoisotopic (exact) mass is 882 g/mol. The molecular weight excluding hydrogens is 825 g/mol. The van der Waals surface area contributed by atoms with Crippen LogP contribution in [0.3, 0.4) is 0 Å². The van der Waals surface area contributed by atoms with Gasteiger partial charge in [0.15, 0.2) is 0 Å². The average molecular weight is 881 g/mol. The first-order valence-electron chi connectivity index (χ1n) is 18.9. The van der Waals surface area contributed by atoms with E-state index < -0.39 is 37.3 Å². The molecule has 0 N–H and O–H groups in total. The summed E-state index contributed by atoms with van der Waals surface area (Å²) in [7, 11) is 0. The van der Waals surface area contributed by atoms with Gasteiger partial charge in [-0.2, -0.15) is 0 Å². The van der Waals surface area contributed by atoms with Crippen LogP contribution >= 0.6 is 0 Å². The number of rotatable bonds is 7. The topological polar surface area (TPSA) is 38.9 Å². The largest absolute Gasteiger partial charge is 0 e. The van der Waals surface area contributed by atoms with Crippen LogP contribution in [0.15, 0.2) is 89.6 Å². The first-order chi connectivity index (χ1) is 24.0. The van der Waals surface area contributed by atoms with Crippen molar-refractivity contribution in [3.63, 3.8) is 0 Å². The molecule has 0 saturated carbocycles. The SMILES string of the molecule is [2H]C(C)(C)c1ccc2c(c1)oc1c(-c3cc(C([2H])([2H])C(C)(C)C)ccn3)[c-]ccc12.[2H]C([2H])(c1cc(-c2[c-]cccc2)nc[c]1[Ge]([CH3])([CH3])[CH3])C(C)C.[Ir]. The Morgan fingerprint density at radius 3 is 2.29 bits per heavy atom. The molecule has 253 valence electrons. The Morgan fingerprint density at radius 1 is 0.875 bits per heavy atom. The van der Waals surface area contributed by atoms with Gasteiger partial charge in [0.1, 0.15) is 5.58 Å². The molecule has 0 spiro atoms. The second-order valence-corrected chi connectivity index (χ2v) is 25.2. The van der Waals surface area contributed by atoms with E-state index in [1.54, 1.807) is 18.3 Å². The summed E-state index contributed by atoms with van der Waals surface area (Å²) in [5.74, 6) is 6.06. The van der Waals surface area contributed by atoms with Gasteiger partial charge in [-0.1, -0.05) is 69.3 Å². The Labute approximate surface area is 311 Å². The molecule has 0 atom stereocenters. The Kier molecular flexibility index (Phi) is 10.1. The first-order valence-corrected chi connectivity index (χ1v) is 23.7. The van der Waals surface area contributed by atoms with Crippen LogP contribution in [-0.2, 0) is 32.9 Å². The van der Waals surface area contributed by atoms with E-state index in [2.05, 4.69) is 39.4 Å². The molecule has 6 aromatic rings. The molecule has 0 aliphatic carbocycles. The molecule has 3 aromatic carbocycles. The molecular formula is C43H50GeIrN2O-2. The molecule has 5 heteroatoms. The number of benzene rings is 3. The molecule has 0 fully saturated rings. The minimum absolute atomic E-state index is 0. The predicted octanol–water partition coefficient (Wildman–Crippen LogP) is 11.5. The van der Waals surface area contributed by atoms with Crippen LogP contribution in [0.4, 0.5) is 0 Å². The summed E-state index contributed by atoms with van der Waals surface area (Å²) in [6, 6.07) is 29.3. The zero-order chi connectivity index (χ0) is 38.4. The minimum atomic E-state index is -2.20. The maximum atomic E-state index is 8.60. The zero-order valence-corrected chi connectivity index (χ0v) is 34.3. The fourth-order valence-corrected chi connectivity index (χ4v) is 8.45. The minimum Gasteiger partial charge on any atom is 0 e. The normalized spacial score (nSPS) is 14.3. The van der Waals surface area contributed by atoms with Crippen LogP contribution in [0.25, 0.3) is 44.5 Å². The Bertz CT molecular complexity index is 2200. The van der Waals surface area contributed by atoms with Gasteiger partial charge in [-0.25, -0.2) is 0 Å². The summed E-state index contributed by atoms with van der Waals surface area (Å²) >= 11 is -2.20. The van der Waals surface area contributed by atoms with Gasteiger partial charge in [0.05, 0.1) is 5.58 Å². The van der Waals surface area contributed by atoms with E-state index in [-0.39, 0.29) is 26.0 Å². The average Bonchev–Trinajstić information content (AvgIpc) is 3.46. The van der Waals surface area contributed by atoms with Crippen LogP contribution in [-0.4, -0.2) is 23.2 Å². The van der Waals surface area contributed by atoms with E-state index in [9.17, 15) is 0 Å². The number of furan rings is 1. The number of aromatic nitrogens is 2. The van der Waals surface area contributed by atoms with Gasteiger partial charge in [0.2, 0.25) is 0 Å². The van der Waals surface area contributed by atoms with E-state index in [1.165, 1.54) is 0 Å². The maximum Gasteiger partial charge on any atom is 0 e. The Balaban J connectivity index is 0.000000244. The molecule has 0 amide bonds. The second kappa shape index (κ2) is 15.7. The summed E-state index contributed by atoms with van der Waals surface area (Å²) in [6.45, 7) is 13.3. The quantitative estimate of drug-likeness (QED) is 0.118. The molecule has 3 heterocycles. The van der Waals surface area contributed by atoms with E-state index in [1.807, 2.05) is 115 Å². The molecule has 0 saturated heterocycles. The maximum absolute atomic E-state index is 8.60. The van der Waals surface area contributed by atoms with Crippen molar-refractivity contribution in [2.45, 2.75) is 84.4 Å². The third-order valence-corrected chi connectivity index (χ3v) is 11.9. The van der Waals surface area contributed by atoms with Crippen molar-refractivity contribution in [2.75, 3.05) is 0 Å². The number of pyridine rings is 2. The Morgan fingerprint density at radius 2 is 1.65 bits per heavy atom. The van der Waals surface area contributed by atoms with E-state index in [0.717, 1.165) is 43.1 Å². The van der Waals surface area contributed by atoms with Crippen LogP contribution in [0.2, 0.25) is 17.3 Å². The van der Waals surface area contributed by atoms with Gasteiger partial charge in [-0.15, -0.1) is 18.2 Å². The van der Waals surface area contributed by atoms with E-state index in [4.69, 9.17) is 11.3 Å². The van der Waals surface area contributed by atoms with Gasteiger partial charge in [-0.3, -0.25) is 0 Å². The molecule has 6 rings (SSSR count). The van der Waals surface area contributed by atoms with Gasteiger partial charge < -0.3 is 9.40 Å². The van der Waals surface area contributed by atoms with Crippen molar-refractivity contribution in [2.24, 2.45) is 11.3 Å². The molecule has 3 nitrogen and oxygen atoms in total. The summed E-state index contributed by atoms with van der Waals surface area (Å²) in [5, 5.41) is 1.94. The molecule has 1 radical (unpaired) electrons. The summed E-state index contributed by atoms with van der Waals surface area (Å²) < 4.78 is 50.0. The van der Waals surface area contributed by atoms with Crippen molar-refractivity contribution in [3.05, 3.63) is 114 Å². The summed E-state index contributed by atoms with van der Waals surface area (Å²) in [6.07, 6.45) is 0.692. The predicted molar refractivity (Wildman–Crippen MR) is 203 cm³/mol. The van der Waals surface area contributed by atoms with Crippen molar-refractivity contribution in [1.29, 1.82) is 0 Å². The van der Waals surface area contributed by atoms with E-state index >= 15 is 0 Å². The fraction of sp³-hybridized carbons (Fsp3) is 0.349. The third-order valence-electron chi connectivity index (χ3n) is 7.69. The summed E-state index contributed by atoms with van der Waals surface area (Å²) in [5.41, 5.74) is 6.19. The van der Waals surface area contributed by atoms with Crippen LogP contribution in [0.5, 0.6) is 0 Å². The fourth-order valence-electron chi connectivity index (χ4n) is 5.50. The molecule has 48 heavy (non-hydrogen) atoms. The van der Waals surface area contributed by atoms with Gasteiger partial charge in [0, 0.05) is 35.8 Å². The number of hydrogen-bond donors (Lipinski definition) is 0. The van der Waals surface area contributed by atoms with Crippen molar-refractivity contribution in [3.8, 4) is 22.5 Å². The van der Waals surface area contributed by atoms with Crippen LogP contribution in [0.1, 0.15) is 77.9 Å². The molecule has 3 aromatic heterocycles. The molecule has 0 unspecified atom stereocenters. The van der Waals surface area contributed by atoms with Gasteiger partial charge in [-0.05, 0) is 41.1 Å². The van der Waals surface area contributed by atoms with Crippen LogP contribution in [0, 0.1) is 23.5 Å². The van der Waals surface area contributed by atoms with Crippen LogP contribution < -0.4 is 4.40 Å². The van der Waals surface area contributed by atoms with Crippen molar-refractivity contribution in [1.82, 2.24) is 9.97 Å². The number of fused-ring (bicyclic) bond motifs is 3. The van der Waals surface area contributed by atoms with Gasteiger partial charge >= 0.3 is 128 Å². The molecule has 0 aliphatic rings. The zero-order valence-electron chi connectivity index (χ0n) is 34.8. The second-order valence-electron chi connectivity index (χ2n) is 14.7. The smallest absolute Gasteiger partial charge is 0 e. The van der Waals surface area contributed by atoms with Crippen molar-refractivity contribution < 1.29 is 31.4 Å². The molecule has 0 aliphatic heterocycles.